The molecule has 0 aromatic carbocycles. The molecule has 56 valence electrons. The zero-order valence-corrected chi connectivity index (χ0v) is 9.88. The summed E-state index contributed by atoms with van der Waals surface area (Å²) in [6.45, 7) is 4.24. The molecule has 0 rings (SSSR count). The fourth-order valence-electron chi connectivity index (χ4n) is 0. The van der Waals surface area contributed by atoms with E-state index in [4.69, 9.17) is 0 Å². The van der Waals surface area contributed by atoms with Gasteiger partial charge in [-0.05, 0) is 0 Å². The molecule has 0 atom stereocenters. The van der Waals surface area contributed by atoms with Crippen LogP contribution < -0.4 is 0 Å². The summed E-state index contributed by atoms with van der Waals surface area (Å²) in [5.74, 6) is 0. The van der Waals surface area contributed by atoms with Crippen LogP contribution >= 0.6 is 0 Å². The Morgan fingerprint density at radius 2 is 1.22 bits per heavy atom. The van der Waals surface area contributed by atoms with Crippen molar-refractivity contribution in [2.24, 2.45) is 0 Å². The van der Waals surface area contributed by atoms with Gasteiger partial charge in [-0.25, -0.2) is 8.42 Å². The third-order valence-corrected chi connectivity index (χ3v) is 0. The molecule has 0 radical (unpaired) electrons. The van der Waals surface area contributed by atoms with E-state index in [1.54, 1.807) is 19.4 Å². The van der Waals surface area contributed by atoms with Gasteiger partial charge >= 0.3 is 37.1 Å². The van der Waals surface area contributed by atoms with Gasteiger partial charge in [0.05, 0.1) is 0 Å². The number of hydrogen-bond donors (Lipinski definition) is 0. The minimum atomic E-state index is -2.67. The molecule has 0 bridgehead atoms. The van der Waals surface area contributed by atoms with Crippen LogP contribution in [0.3, 0.4) is 0 Å². The van der Waals surface area contributed by atoms with Crippen molar-refractivity contribution in [1.29, 1.82) is 0 Å². The van der Waals surface area contributed by atoms with E-state index in [-0.39, 0.29) is 0 Å². The Hall–Kier alpha value is 0.508. The van der Waals surface area contributed by atoms with Gasteiger partial charge in [-0.2, -0.15) is 0 Å². The van der Waals surface area contributed by atoms with E-state index >= 15 is 0 Å². The van der Waals surface area contributed by atoms with Crippen molar-refractivity contribution in [3.8, 4) is 0 Å². The predicted octanol–water partition coefficient (Wildman–Crippen LogP) is 0.406. The van der Waals surface area contributed by atoms with Gasteiger partial charge in [0, 0.05) is 12.5 Å². The first kappa shape index (κ1) is 12.2. The average Bonchev–Trinajstić information content (AvgIpc) is 1.19. The summed E-state index contributed by atoms with van der Waals surface area (Å²) < 4.78 is 20.8. The first-order valence-electron chi connectivity index (χ1n) is 2.35. The maximum atomic E-state index is 9.63. The van der Waals surface area contributed by atoms with Crippen molar-refractivity contribution in [3.63, 3.8) is 0 Å². The van der Waals surface area contributed by atoms with Gasteiger partial charge < -0.3 is 0 Å². The summed E-state index contributed by atoms with van der Waals surface area (Å²) in [6.07, 6.45) is 2.32. The summed E-state index contributed by atoms with van der Waals surface area (Å²) in [6, 6.07) is 0. The monoisotopic (exact) mass is 320 g/mol. The molecule has 0 aromatic rings. The molecule has 0 aliphatic rings. The van der Waals surface area contributed by atoms with Crippen LogP contribution in [0.15, 0.2) is 0 Å². The Balaban J connectivity index is 0. The molecular formula is C5H12O2SW. The van der Waals surface area contributed by atoms with Gasteiger partial charge in [0.2, 0.25) is 0 Å². The van der Waals surface area contributed by atoms with Crippen LogP contribution in [-0.2, 0) is 29.2 Å². The van der Waals surface area contributed by atoms with Crippen molar-refractivity contribution in [2.45, 2.75) is 13.8 Å². The number of sulfone groups is 1. The predicted molar refractivity (Wildman–Crippen MR) is 37.1 cm³/mol. The van der Waals surface area contributed by atoms with Crippen LogP contribution in [0.4, 0.5) is 0 Å². The summed E-state index contributed by atoms with van der Waals surface area (Å²) in [5.41, 5.74) is 0. The van der Waals surface area contributed by atoms with Gasteiger partial charge in [0.1, 0.15) is 9.84 Å². The average molecular weight is 320 g/mol. The molecule has 0 saturated carbocycles. The van der Waals surface area contributed by atoms with Crippen LogP contribution in [0.5, 0.6) is 0 Å². The zero-order chi connectivity index (χ0) is 8.08. The first-order valence-corrected chi connectivity index (χ1v) is 6.12. The standard InChI is InChI=1S/C3H6.C2H6O2S.W/c1-3-2;1-5(2,3)4;/h1-2H3;1-2H3;. The second kappa shape index (κ2) is 5.31. The first-order chi connectivity index (χ1) is 3.73. The van der Waals surface area contributed by atoms with E-state index in [1.807, 2.05) is 0 Å². The molecule has 0 heterocycles. The third-order valence-electron chi connectivity index (χ3n) is 0. The van der Waals surface area contributed by atoms with E-state index in [0.29, 0.717) is 0 Å². The Morgan fingerprint density at radius 1 is 1.22 bits per heavy atom. The molecule has 0 unspecified atom stereocenters. The molecule has 9 heavy (non-hydrogen) atoms. The van der Waals surface area contributed by atoms with E-state index < -0.39 is 9.84 Å². The minimum absolute atomic E-state index is 1.16. The quantitative estimate of drug-likeness (QED) is 0.648. The van der Waals surface area contributed by atoms with Crippen LogP contribution in [0.2, 0.25) is 0 Å². The van der Waals surface area contributed by atoms with Gasteiger partial charge in [-0.3, -0.25) is 0 Å². The van der Waals surface area contributed by atoms with Gasteiger partial charge in [-0.1, -0.05) is 0 Å². The number of rotatable bonds is 0. The van der Waals surface area contributed by atoms with E-state index in [0.717, 1.165) is 12.5 Å². The molecule has 0 spiro atoms. The summed E-state index contributed by atoms with van der Waals surface area (Å²) in [5, 5.41) is 0. The normalized spacial score (nSPS) is 9.33. The molecule has 0 saturated heterocycles. The summed E-state index contributed by atoms with van der Waals surface area (Å²) in [4.78, 5) is 0. The molecule has 0 N–H and O–H groups in total. The van der Waals surface area contributed by atoms with Crippen molar-refractivity contribution in [3.05, 3.63) is 0 Å². The molecule has 2 nitrogen and oxygen atoms in total. The molecule has 0 fully saturated rings. The number of hydrogen-bond acceptors (Lipinski definition) is 2. The fraction of sp³-hybridized carbons (Fsp3) is 0.800. The Morgan fingerprint density at radius 3 is 1.22 bits per heavy atom. The van der Waals surface area contributed by atoms with Crippen LogP contribution in [-0.4, -0.2) is 24.8 Å². The Bertz CT molecular complexity index is 157. The molecular weight excluding hydrogens is 308 g/mol. The van der Waals surface area contributed by atoms with E-state index in [1.165, 1.54) is 3.90 Å². The van der Waals surface area contributed by atoms with Gasteiger partial charge in [0.15, 0.2) is 0 Å². The second-order valence-corrected chi connectivity index (χ2v) is 7.27. The van der Waals surface area contributed by atoms with Gasteiger partial charge in [0.25, 0.3) is 0 Å². The Kier molecular flexibility index (Phi) is 7.20. The van der Waals surface area contributed by atoms with Crippen molar-refractivity contribution >= 4 is 13.7 Å². The second-order valence-electron chi connectivity index (χ2n) is 2.05. The molecule has 4 heteroatoms. The van der Waals surface area contributed by atoms with Crippen LogP contribution in [0.1, 0.15) is 13.8 Å². The van der Waals surface area contributed by atoms with Crippen molar-refractivity contribution < 1.29 is 27.8 Å². The van der Waals surface area contributed by atoms with E-state index in [2.05, 4.69) is 13.8 Å². The maximum absolute atomic E-state index is 9.63. The SMILES string of the molecule is CS(C)(=O)=O.C[C](C)=[W]. The summed E-state index contributed by atoms with van der Waals surface area (Å²) >= 11 is 1.59. The zero-order valence-electron chi connectivity index (χ0n) is 6.13. The van der Waals surface area contributed by atoms with E-state index in [9.17, 15) is 8.42 Å². The fourth-order valence-corrected chi connectivity index (χ4v) is 0. The molecule has 0 aromatic heterocycles. The van der Waals surface area contributed by atoms with Crippen molar-refractivity contribution in [2.75, 3.05) is 12.5 Å². The molecule has 0 aliphatic heterocycles. The molecule has 0 aliphatic carbocycles. The van der Waals surface area contributed by atoms with Crippen LogP contribution in [0.25, 0.3) is 0 Å². The topological polar surface area (TPSA) is 34.1 Å². The third kappa shape index (κ3) is 1390. The molecule has 0 amide bonds. The summed E-state index contributed by atoms with van der Waals surface area (Å²) in [7, 11) is -2.67. The van der Waals surface area contributed by atoms with Crippen molar-refractivity contribution in [1.82, 2.24) is 0 Å². The van der Waals surface area contributed by atoms with Gasteiger partial charge in [-0.15, -0.1) is 0 Å². The van der Waals surface area contributed by atoms with Crippen LogP contribution in [0, 0.1) is 0 Å². The Labute approximate surface area is 68.0 Å².